The molecule has 3 aliphatic carbocycles. The summed E-state index contributed by atoms with van der Waals surface area (Å²) in [4.78, 5) is 0. The zero-order valence-corrected chi connectivity index (χ0v) is 9.29. The monoisotopic (exact) mass is 198 g/mol. The molecule has 0 spiro atoms. The van der Waals surface area contributed by atoms with Crippen LogP contribution < -0.4 is 0 Å². The first-order chi connectivity index (χ1) is 6.51. The standard InChI is InChI=1S/C12H22O2/c1-9(13)11-3-6-12(7-4-11,8-5-11)10(2)14/h9-10,13-14H,3-8H2,1-2H3. The second-order valence-corrected chi connectivity index (χ2v) is 5.58. The number of hydrogen-bond donors (Lipinski definition) is 2. The molecule has 0 aromatic rings. The lowest BCUT2D eigenvalue weighted by atomic mass is 9.51. The van der Waals surface area contributed by atoms with E-state index in [2.05, 4.69) is 0 Å². The highest BCUT2D eigenvalue weighted by molar-refractivity contribution is 5.03. The lowest BCUT2D eigenvalue weighted by molar-refractivity contribution is -0.120. The van der Waals surface area contributed by atoms with Crippen molar-refractivity contribution < 1.29 is 10.2 Å². The van der Waals surface area contributed by atoms with Crippen LogP contribution >= 0.6 is 0 Å². The maximum Gasteiger partial charge on any atom is 0.0568 e. The van der Waals surface area contributed by atoms with Crippen LogP contribution in [0.25, 0.3) is 0 Å². The summed E-state index contributed by atoms with van der Waals surface area (Å²) in [6, 6.07) is 0. The minimum absolute atomic E-state index is 0.171. The topological polar surface area (TPSA) is 40.5 Å². The summed E-state index contributed by atoms with van der Waals surface area (Å²) in [5.41, 5.74) is 0.382. The maximum absolute atomic E-state index is 9.81. The minimum atomic E-state index is -0.171. The van der Waals surface area contributed by atoms with Crippen molar-refractivity contribution in [3.8, 4) is 0 Å². The molecule has 0 saturated heterocycles. The van der Waals surface area contributed by atoms with Gasteiger partial charge < -0.3 is 10.2 Å². The van der Waals surface area contributed by atoms with Crippen LogP contribution in [0.3, 0.4) is 0 Å². The van der Waals surface area contributed by atoms with E-state index < -0.39 is 0 Å². The third-order valence-corrected chi connectivity index (χ3v) is 5.13. The third kappa shape index (κ3) is 1.31. The van der Waals surface area contributed by atoms with Gasteiger partial charge in [0.15, 0.2) is 0 Å². The molecule has 2 bridgehead atoms. The first-order valence-electron chi connectivity index (χ1n) is 5.87. The van der Waals surface area contributed by atoms with Gasteiger partial charge in [0.2, 0.25) is 0 Å². The van der Waals surface area contributed by atoms with Gasteiger partial charge in [0.25, 0.3) is 0 Å². The van der Waals surface area contributed by atoms with Crippen molar-refractivity contribution in [1.29, 1.82) is 0 Å². The molecule has 2 unspecified atom stereocenters. The molecule has 82 valence electrons. The van der Waals surface area contributed by atoms with Gasteiger partial charge in [0.05, 0.1) is 12.2 Å². The predicted octanol–water partition coefficient (Wildman–Crippen LogP) is 2.09. The highest BCUT2D eigenvalue weighted by atomic mass is 16.3. The van der Waals surface area contributed by atoms with E-state index in [9.17, 15) is 10.2 Å². The summed E-state index contributed by atoms with van der Waals surface area (Å²) in [7, 11) is 0. The Bertz CT molecular complexity index is 172. The molecular weight excluding hydrogens is 176 g/mol. The molecule has 3 fully saturated rings. The Morgan fingerprint density at radius 3 is 1.07 bits per heavy atom. The number of rotatable bonds is 2. The molecule has 3 saturated carbocycles. The molecule has 2 atom stereocenters. The third-order valence-electron chi connectivity index (χ3n) is 5.13. The summed E-state index contributed by atoms with van der Waals surface area (Å²) in [5, 5.41) is 19.6. The van der Waals surface area contributed by atoms with E-state index in [4.69, 9.17) is 0 Å². The van der Waals surface area contributed by atoms with E-state index in [1.807, 2.05) is 13.8 Å². The van der Waals surface area contributed by atoms with Crippen LogP contribution in [-0.4, -0.2) is 22.4 Å². The molecule has 0 radical (unpaired) electrons. The Morgan fingerprint density at radius 2 is 0.929 bits per heavy atom. The van der Waals surface area contributed by atoms with Gasteiger partial charge in [-0.25, -0.2) is 0 Å². The van der Waals surface area contributed by atoms with Gasteiger partial charge in [0.1, 0.15) is 0 Å². The molecule has 2 nitrogen and oxygen atoms in total. The Balaban J connectivity index is 2.13. The lowest BCUT2D eigenvalue weighted by Gasteiger charge is -2.56. The predicted molar refractivity (Wildman–Crippen MR) is 55.9 cm³/mol. The average Bonchev–Trinajstić information content (AvgIpc) is 2.20. The number of fused-ring (bicyclic) bond motifs is 3. The highest BCUT2D eigenvalue weighted by Gasteiger charge is 2.52. The number of aliphatic hydroxyl groups is 2. The molecule has 0 amide bonds. The molecule has 0 aliphatic heterocycles. The largest absolute Gasteiger partial charge is 0.393 e. The Kier molecular flexibility index (Phi) is 2.39. The zero-order chi connectivity index (χ0) is 10.4. The SMILES string of the molecule is CC(O)C12CCC(C(C)O)(CC1)CC2. The molecule has 0 aromatic heterocycles. The summed E-state index contributed by atoms with van der Waals surface area (Å²) < 4.78 is 0. The molecule has 0 aromatic carbocycles. The summed E-state index contributed by atoms with van der Waals surface area (Å²) in [5.74, 6) is 0. The molecule has 14 heavy (non-hydrogen) atoms. The van der Waals surface area contributed by atoms with Crippen molar-refractivity contribution in [1.82, 2.24) is 0 Å². The molecule has 3 rings (SSSR count). The fourth-order valence-corrected chi connectivity index (χ4v) is 3.50. The number of aliphatic hydroxyl groups excluding tert-OH is 2. The van der Waals surface area contributed by atoms with E-state index in [0.717, 1.165) is 38.5 Å². The Morgan fingerprint density at radius 1 is 0.714 bits per heavy atom. The maximum atomic E-state index is 9.81. The fraction of sp³-hybridized carbons (Fsp3) is 1.00. The van der Waals surface area contributed by atoms with Crippen LogP contribution in [0.1, 0.15) is 52.4 Å². The second kappa shape index (κ2) is 3.21. The van der Waals surface area contributed by atoms with Gasteiger partial charge >= 0.3 is 0 Å². The highest BCUT2D eigenvalue weighted by Crippen LogP contribution is 2.59. The Hall–Kier alpha value is -0.0800. The molecular formula is C12H22O2. The van der Waals surface area contributed by atoms with Gasteiger partial charge in [0, 0.05) is 0 Å². The average molecular weight is 198 g/mol. The van der Waals surface area contributed by atoms with E-state index in [1.54, 1.807) is 0 Å². The second-order valence-electron chi connectivity index (χ2n) is 5.58. The van der Waals surface area contributed by atoms with E-state index in [-0.39, 0.29) is 23.0 Å². The van der Waals surface area contributed by atoms with Crippen molar-refractivity contribution in [2.45, 2.75) is 64.6 Å². The van der Waals surface area contributed by atoms with Gasteiger partial charge in [-0.05, 0) is 63.2 Å². The van der Waals surface area contributed by atoms with Crippen LogP contribution in [0.5, 0.6) is 0 Å². The van der Waals surface area contributed by atoms with Crippen LogP contribution in [0, 0.1) is 10.8 Å². The van der Waals surface area contributed by atoms with Crippen molar-refractivity contribution in [2.24, 2.45) is 10.8 Å². The van der Waals surface area contributed by atoms with E-state index >= 15 is 0 Å². The van der Waals surface area contributed by atoms with Crippen molar-refractivity contribution >= 4 is 0 Å². The zero-order valence-electron chi connectivity index (χ0n) is 9.29. The molecule has 3 aliphatic rings. The van der Waals surface area contributed by atoms with Crippen LogP contribution in [0.2, 0.25) is 0 Å². The smallest absolute Gasteiger partial charge is 0.0568 e. The van der Waals surface area contributed by atoms with Crippen LogP contribution in [-0.2, 0) is 0 Å². The van der Waals surface area contributed by atoms with E-state index in [0.29, 0.717) is 0 Å². The first-order valence-corrected chi connectivity index (χ1v) is 5.87. The van der Waals surface area contributed by atoms with Gasteiger partial charge in [-0.2, -0.15) is 0 Å². The van der Waals surface area contributed by atoms with Crippen molar-refractivity contribution in [3.05, 3.63) is 0 Å². The van der Waals surface area contributed by atoms with Gasteiger partial charge in [-0.15, -0.1) is 0 Å². The van der Waals surface area contributed by atoms with Crippen LogP contribution in [0.15, 0.2) is 0 Å². The molecule has 2 N–H and O–H groups in total. The normalized spacial score (nSPS) is 46.3. The summed E-state index contributed by atoms with van der Waals surface area (Å²) >= 11 is 0. The van der Waals surface area contributed by atoms with Crippen molar-refractivity contribution in [3.63, 3.8) is 0 Å². The van der Waals surface area contributed by atoms with Crippen LogP contribution in [0.4, 0.5) is 0 Å². The number of hydrogen-bond acceptors (Lipinski definition) is 2. The molecule has 2 heteroatoms. The summed E-state index contributed by atoms with van der Waals surface area (Å²) in [6.07, 6.45) is 6.30. The fourth-order valence-electron chi connectivity index (χ4n) is 3.50. The van der Waals surface area contributed by atoms with Gasteiger partial charge in [-0.1, -0.05) is 0 Å². The Labute approximate surface area is 86.3 Å². The minimum Gasteiger partial charge on any atom is -0.393 e. The lowest BCUT2D eigenvalue weighted by Crippen LogP contribution is -2.50. The quantitative estimate of drug-likeness (QED) is 0.713. The van der Waals surface area contributed by atoms with E-state index in [1.165, 1.54) is 0 Å². The molecule has 0 heterocycles. The first kappa shape index (κ1) is 10.4. The van der Waals surface area contributed by atoms with Gasteiger partial charge in [-0.3, -0.25) is 0 Å². The van der Waals surface area contributed by atoms with Crippen molar-refractivity contribution in [2.75, 3.05) is 0 Å². The summed E-state index contributed by atoms with van der Waals surface area (Å²) in [6.45, 7) is 3.86.